The molecule has 1 aliphatic rings. The largest absolute Gasteiger partial charge is 0.394 e. The SMILES string of the molecule is CCCCN(C)C[C@@H]1[C@H](CC)CN(C(=O)Nc2ccc(F)cc2)[C@@H]1CO. The van der Waals surface area contributed by atoms with Crippen molar-refractivity contribution in [3.8, 4) is 0 Å². The van der Waals surface area contributed by atoms with E-state index in [4.69, 9.17) is 0 Å². The Morgan fingerprint density at radius 1 is 1.35 bits per heavy atom. The fraction of sp³-hybridized carbons (Fsp3) is 0.650. The monoisotopic (exact) mass is 365 g/mol. The maximum atomic E-state index is 13.0. The Hall–Kier alpha value is -1.66. The second kappa shape index (κ2) is 9.88. The van der Waals surface area contributed by atoms with Crippen LogP contribution in [0.25, 0.3) is 0 Å². The minimum absolute atomic E-state index is 0.0420. The molecule has 0 radical (unpaired) electrons. The second-order valence-electron chi connectivity index (χ2n) is 7.29. The number of amides is 2. The lowest BCUT2D eigenvalue weighted by molar-refractivity contribution is 0.130. The number of aliphatic hydroxyl groups excluding tert-OH is 1. The van der Waals surface area contributed by atoms with Crippen LogP contribution >= 0.6 is 0 Å². The van der Waals surface area contributed by atoms with E-state index in [1.54, 1.807) is 17.0 Å². The van der Waals surface area contributed by atoms with Crippen molar-refractivity contribution in [2.24, 2.45) is 11.8 Å². The highest BCUT2D eigenvalue weighted by atomic mass is 19.1. The van der Waals surface area contributed by atoms with Crippen molar-refractivity contribution in [2.75, 3.05) is 38.6 Å². The second-order valence-corrected chi connectivity index (χ2v) is 7.29. The fourth-order valence-electron chi connectivity index (χ4n) is 3.85. The van der Waals surface area contributed by atoms with Gasteiger partial charge in [0, 0.05) is 18.8 Å². The third kappa shape index (κ3) is 5.17. The highest BCUT2D eigenvalue weighted by molar-refractivity contribution is 5.89. The molecule has 0 unspecified atom stereocenters. The molecule has 2 amide bonds. The average molecular weight is 365 g/mol. The van der Waals surface area contributed by atoms with E-state index in [9.17, 15) is 14.3 Å². The van der Waals surface area contributed by atoms with Gasteiger partial charge < -0.3 is 20.2 Å². The third-order valence-electron chi connectivity index (χ3n) is 5.41. The minimum Gasteiger partial charge on any atom is -0.394 e. The number of benzene rings is 1. The first-order valence-corrected chi connectivity index (χ1v) is 9.62. The summed E-state index contributed by atoms with van der Waals surface area (Å²) in [4.78, 5) is 16.8. The van der Waals surface area contributed by atoms with Crippen LogP contribution in [-0.4, -0.2) is 60.3 Å². The molecular weight excluding hydrogens is 333 g/mol. The molecule has 146 valence electrons. The zero-order chi connectivity index (χ0) is 19.1. The number of carbonyl (C=O) groups is 1. The standard InChI is InChI=1S/C20H32FN3O2/c1-4-6-11-23(3)13-18-15(5-2)12-24(19(18)14-25)20(26)22-17-9-7-16(21)8-10-17/h7-10,15,18-19,25H,4-6,11-14H2,1-3H3,(H,22,26)/t15-,18-,19-/m1/s1. The smallest absolute Gasteiger partial charge is 0.322 e. The van der Waals surface area contributed by atoms with Gasteiger partial charge in [-0.1, -0.05) is 26.7 Å². The zero-order valence-electron chi connectivity index (χ0n) is 16.1. The van der Waals surface area contributed by atoms with E-state index in [-0.39, 0.29) is 30.4 Å². The number of hydrogen-bond donors (Lipinski definition) is 2. The maximum absolute atomic E-state index is 13.0. The van der Waals surface area contributed by atoms with E-state index in [1.807, 2.05) is 0 Å². The topological polar surface area (TPSA) is 55.8 Å². The molecule has 0 bridgehead atoms. The van der Waals surface area contributed by atoms with E-state index in [2.05, 4.69) is 31.1 Å². The molecule has 1 aromatic carbocycles. The first kappa shape index (κ1) is 20.6. The summed E-state index contributed by atoms with van der Waals surface area (Å²) < 4.78 is 13.0. The molecule has 2 rings (SSSR count). The van der Waals surface area contributed by atoms with Gasteiger partial charge in [0.05, 0.1) is 12.6 Å². The molecular formula is C20H32FN3O2. The van der Waals surface area contributed by atoms with E-state index in [1.165, 1.54) is 12.1 Å². The molecule has 0 aliphatic carbocycles. The Morgan fingerprint density at radius 2 is 2.04 bits per heavy atom. The number of hydrogen-bond acceptors (Lipinski definition) is 3. The van der Waals surface area contributed by atoms with Crippen LogP contribution in [0.3, 0.4) is 0 Å². The number of nitrogens with one attached hydrogen (secondary N) is 1. The van der Waals surface area contributed by atoms with Gasteiger partial charge in [0.2, 0.25) is 0 Å². The summed E-state index contributed by atoms with van der Waals surface area (Å²) in [6.07, 6.45) is 3.28. The predicted octanol–water partition coefficient (Wildman–Crippen LogP) is 3.41. The summed E-state index contributed by atoms with van der Waals surface area (Å²) in [5.74, 6) is 0.291. The molecule has 3 atom stereocenters. The number of rotatable bonds is 8. The lowest BCUT2D eigenvalue weighted by atomic mass is 9.88. The summed E-state index contributed by atoms with van der Waals surface area (Å²) in [6, 6.07) is 5.32. The molecule has 1 heterocycles. The Morgan fingerprint density at radius 3 is 2.62 bits per heavy atom. The van der Waals surface area contributed by atoms with Crippen LogP contribution in [0.15, 0.2) is 24.3 Å². The Bertz CT molecular complexity index is 567. The van der Waals surface area contributed by atoms with Crippen molar-refractivity contribution >= 4 is 11.7 Å². The molecule has 0 aromatic heterocycles. The molecule has 1 fully saturated rings. The van der Waals surface area contributed by atoms with Gasteiger partial charge in [-0.05, 0) is 56.1 Å². The number of urea groups is 1. The summed E-state index contributed by atoms with van der Waals surface area (Å²) in [6.45, 7) is 6.82. The van der Waals surface area contributed by atoms with E-state index >= 15 is 0 Å². The number of nitrogens with zero attached hydrogens (tertiary/aromatic N) is 2. The molecule has 0 spiro atoms. The van der Waals surface area contributed by atoms with Crippen LogP contribution in [0.1, 0.15) is 33.1 Å². The summed E-state index contributed by atoms with van der Waals surface area (Å²) in [5, 5.41) is 12.8. The summed E-state index contributed by atoms with van der Waals surface area (Å²) in [5.41, 5.74) is 0.560. The van der Waals surface area contributed by atoms with Gasteiger partial charge in [-0.2, -0.15) is 0 Å². The van der Waals surface area contributed by atoms with E-state index < -0.39 is 0 Å². The molecule has 6 heteroatoms. The highest BCUT2D eigenvalue weighted by Crippen LogP contribution is 2.33. The first-order chi connectivity index (χ1) is 12.5. The van der Waals surface area contributed by atoms with Gasteiger partial charge in [-0.15, -0.1) is 0 Å². The Labute approximate surface area is 156 Å². The number of carbonyl (C=O) groups excluding carboxylic acids is 1. The Balaban J connectivity index is 2.05. The molecule has 1 aliphatic heterocycles. The van der Waals surface area contributed by atoms with Crippen molar-refractivity contribution in [3.63, 3.8) is 0 Å². The van der Waals surface area contributed by atoms with Crippen molar-refractivity contribution in [1.29, 1.82) is 0 Å². The number of unbranched alkanes of at least 4 members (excludes halogenated alkanes) is 1. The first-order valence-electron chi connectivity index (χ1n) is 9.62. The molecule has 26 heavy (non-hydrogen) atoms. The molecule has 1 saturated heterocycles. The quantitative estimate of drug-likeness (QED) is 0.742. The number of halogens is 1. The van der Waals surface area contributed by atoms with E-state index in [0.29, 0.717) is 18.2 Å². The Kier molecular flexibility index (Phi) is 7.85. The molecule has 1 aromatic rings. The van der Waals surface area contributed by atoms with Gasteiger partial charge >= 0.3 is 6.03 Å². The van der Waals surface area contributed by atoms with Crippen LogP contribution in [0.4, 0.5) is 14.9 Å². The normalized spacial score (nSPS) is 22.8. The zero-order valence-corrected chi connectivity index (χ0v) is 16.1. The van der Waals surface area contributed by atoms with Gasteiger partial charge in [0.15, 0.2) is 0 Å². The van der Waals surface area contributed by atoms with Crippen LogP contribution in [0.2, 0.25) is 0 Å². The number of likely N-dealkylation sites (tertiary alicyclic amines) is 1. The van der Waals surface area contributed by atoms with Crippen molar-refractivity contribution in [1.82, 2.24) is 9.80 Å². The predicted molar refractivity (Wildman–Crippen MR) is 103 cm³/mol. The lowest BCUT2D eigenvalue weighted by Gasteiger charge is -2.30. The lowest BCUT2D eigenvalue weighted by Crippen LogP contribution is -2.44. The van der Waals surface area contributed by atoms with Crippen LogP contribution in [0, 0.1) is 17.7 Å². The van der Waals surface area contributed by atoms with Crippen LogP contribution < -0.4 is 5.32 Å². The number of anilines is 1. The van der Waals surface area contributed by atoms with Crippen LogP contribution in [0.5, 0.6) is 0 Å². The fourth-order valence-corrected chi connectivity index (χ4v) is 3.85. The van der Waals surface area contributed by atoms with Crippen molar-refractivity contribution in [2.45, 2.75) is 39.2 Å². The average Bonchev–Trinajstić information content (AvgIpc) is 2.99. The van der Waals surface area contributed by atoms with Gasteiger partial charge in [0.1, 0.15) is 5.82 Å². The van der Waals surface area contributed by atoms with Crippen LogP contribution in [-0.2, 0) is 0 Å². The summed E-state index contributed by atoms with van der Waals surface area (Å²) >= 11 is 0. The third-order valence-corrected chi connectivity index (χ3v) is 5.41. The van der Waals surface area contributed by atoms with Crippen molar-refractivity contribution in [3.05, 3.63) is 30.1 Å². The van der Waals surface area contributed by atoms with Gasteiger partial charge in [-0.25, -0.2) is 9.18 Å². The minimum atomic E-state index is -0.335. The number of aliphatic hydroxyl groups is 1. The highest BCUT2D eigenvalue weighted by Gasteiger charge is 2.43. The van der Waals surface area contributed by atoms with Crippen molar-refractivity contribution < 1.29 is 14.3 Å². The molecule has 2 N–H and O–H groups in total. The summed E-state index contributed by atoms with van der Waals surface area (Å²) in [7, 11) is 2.11. The molecule has 0 saturated carbocycles. The van der Waals surface area contributed by atoms with E-state index in [0.717, 1.165) is 32.4 Å². The maximum Gasteiger partial charge on any atom is 0.322 e. The molecule has 5 nitrogen and oxygen atoms in total. The van der Waals surface area contributed by atoms with Gasteiger partial charge in [0.25, 0.3) is 0 Å². The van der Waals surface area contributed by atoms with Gasteiger partial charge in [-0.3, -0.25) is 0 Å².